The summed E-state index contributed by atoms with van der Waals surface area (Å²) < 4.78 is 1.82. The molecule has 0 radical (unpaired) electrons. The van der Waals surface area contributed by atoms with Gasteiger partial charge in [-0.15, -0.1) is 0 Å². The molecule has 2 aromatic rings. The molecule has 0 unspecified atom stereocenters. The molecule has 4 nitrogen and oxygen atoms in total. The van der Waals surface area contributed by atoms with Gasteiger partial charge in [0.15, 0.2) is 0 Å². The van der Waals surface area contributed by atoms with E-state index in [1.807, 2.05) is 11.7 Å². The standard InChI is InChI=1S/C12H18N4S/c1-4-10-11(13)12(16(3)15-10)14-5-9-7-17-6-8(9)2/h6-7,14H,4-5,13H2,1-3H3. The fraction of sp³-hybridized carbons (Fsp3) is 0.417. The second kappa shape index (κ2) is 4.79. The monoisotopic (exact) mass is 250 g/mol. The molecule has 0 aliphatic heterocycles. The van der Waals surface area contributed by atoms with Gasteiger partial charge < -0.3 is 11.1 Å². The topological polar surface area (TPSA) is 55.9 Å². The highest BCUT2D eigenvalue weighted by molar-refractivity contribution is 7.08. The van der Waals surface area contributed by atoms with E-state index in [0.29, 0.717) is 0 Å². The van der Waals surface area contributed by atoms with Crippen LogP contribution in [-0.4, -0.2) is 9.78 Å². The Kier molecular flexibility index (Phi) is 3.38. The van der Waals surface area contributed by atoms with Gasteiger partial charge in [0.2, 0.25) is 0 Å². The van der Waals surface area contributed by atoms with Crippen molar-refractivity contribution < 1.29 is 0 Å². The Morgan fingerprint density at radius 2 is 2.24 bits per heavy atom. The van der Waals surface area contributed by atoms with Crippen LogP contribution in [0.15, 0.2) is 10.8 Å². The summed E-state index contributed by atoms with van der Waals surface area (Å²) in [7, 11) is 1.92. The fourth-order valence-corrected chi connectivity index (χ4v) is 2.67. The van der Waals surface area contributed by atoms with Crippen LogP contribution in [0.5, 0.6) is 0 Å². The summed E-state index contributed by atoms with van der Waals surface area (Å²) in [6, 6.07) is 0. The minimum Gasteiger partial charge on any atom is -0.394 e. The molecule has 0 saturated carbocycles. The Morgan fingerprint density at radius 1 is 1.47 bits per heavy atom. The van der Waals surface area contributed by atoms with E-state index < -0.39 is 0 Å². The third-order valence-electron chi connectivity index (χ3n) is 2.90. The predicted octanol–water partition coefficient (Wildman–Crippen LogP) is 2.55. The molecule has 17 heavy (non-hydrogen) atoms. The van der Waals surface area contributed by atoms with E-state index in [4.69, 9.17) is 5.73 Å². The van der Waals surface area contributed by atoms with E-state index in [0.717, 1.165) is 30.2 Å². The molecule has 2 aromatic heterocycles. The normalized spacial score (nSPS) is 10.8. The van der Waals surface area contributed by atoms with Crippen LogP contribution in [0.2, 0.25) is 0 Å². The highest BCUT2D eigenvalue weighted by atomic mass is 32.1. The van der Waals surface area contributed by atoms with E-state index in [1.165, 1.54) is 11.1 Å². The molecule has 2 heterocycles. The summed E-state index contributed by atoms with van der Waals surface area (Å²) in [5, 5.41) is 12.1. The van der Waals surface area contributed by atoms with Crippen molar-refractivity contribution in [3.05, 3.63) is 27.6 Å². The van der Waals surface area contributed by atoms with Crippen LogP contribution >= 0.6 is 11.3 Å². The summed E-state index contributed by atoms with van der Waals surface area (Å²) in [5.41, 5.74) is 10.4. The number of nitrogens with zero attached hydrogens (tertiary/aromatic N) is 2. The summed E-state index contributed by atoms with van der Waals surface area (Å²) in [5.74, 6) is 0.910. The van der Waals surface area contributed by atoms with Gasteiger partial charge >= 0.3 is 0 Å². The molecule has 3 N–H and O–H groups in total. The van der Waals surface area contributed by atoms with E-state index in [9.17, 15) is 0 Å². The van der Waals surface area contributed by atoms with Gasteiger partial charge in [0.1, 0.15) is 5.82 Å². The lowest BCUT2D eigenvalue weighted by Gasteiger charge is -2.07. The quantitative estimate of drug-likeness (QED) is 0.876. The van der Waals surface area contributed by atoms with Crippen LogP contribution in [-0.2, 0) is 20.0 Å². The Hall–Kier alpha value is -1.49. The van der Waals surface area contributed by atoms with Gasteiger partial charge in [-0.3, -0.25) is 4.68 Å². The van der Waals surface area contributed by atoms with Crippen molar-refractivity contribution in [2.45, 2.75) is 26.8 Å². The van der Waals surface area contributed by atoms with E-state index in [-0.39, 0.29) is 0 Å². The highest BCUT2D eigenvalue weighted by Crippen LogP contribution is 2.23. The number of nitrogen functional groups attached to an aromatic ring is 1. The molecule has 0 aromatic carbocycles. The van der Waals surface area contributed by atoms with Gasteiger partial charge in [0.05, 0.1) is 11.4 Å². The van der Waals surface area contributed by atoms with Crippen LogP contribution < -0.4 is 11.1 Å². The molecule has 0 spiro atoms. The van der Waals surface area contributed by atoms with Gasteiger partial charge in [-0.1, -0.05) is 6.92 Å². The van der Waals surface area contributed by atoms with Crippen LogP contribution in [0.4, 0.5) is 11.5 Å². The minimum absolute atomic E-state index is 0.767. The van der Waals surface area contributed by atoms with Crippen molar-refractivity contribution in [2.24, 2.45) is 7.05 Å². The number of nitrogens with two attached hydrogens (primary N) is 1. The molecule has 2 rings (SSSR count). The molecular weight excluding hydrogens is 232 g/mol. The smallest absolute Gasteiger partial charge is 0.148 e. The molecule has 92 valence electrons. The summed E-state index contributed by atoms with van der Waals surface area (Å²) in [4.78, 5) is 0. The van der Waals surface area contributed by atoms with Crippen LogP contribution in [0.1, 0.15) is 23.7 Å². The fourth-order valence-electron chi connectivity index (χ4n) is 1.81. The molecule has 0 atom stereocenters. The molecule has 0 bridgehead atoms. The number of aromatic nitrogens is 2. The summed E-state index contributed by atoms with van der Waals surface area (Å²) in [6.07, 6.45) is 0.860. The number of rotatable bonds is 4. The third kappa shape index (κ3) is 2.29. The largest absolute Gasteiger partial charge is 0.394 e. The molecule has 0 aliphatic rings. The zero-order valence-electron chi connectivity index (χ0n) is 10.4. The number of anilines is 2. The zero-order chi connectivity index (χ0) is 12.4. The Labute approximate surface area is 105 Å². The maximum Gasteiger partial charge on any atom is 0.148 e. The molecule has 0 fully saturated rings. The summed E-state index contributed by atoms with van der Waals surface area (Å²) in [6.45, 7) is 4.98. The first kappa shape index (κ1) is 12.0. The molecule has 0 aliphatic carbocycles. The Morgan fingerprint density at radius 3 is 2.76 bits per heavy atom. The average molecular weight is 250 g/mol. The number of nitrogens with one attached hydrogen (secondary N) is 1. The second-order valence-electron chi connectivity index (χ2n) is 4.12. The van der Waals surface area contributed by atoms with E-state index >= 15 is 0 Å². The van der Waals surface area contributed by atoms with Gasteiger partial charge in [0.25, 0.3) is 0 Å². The van der Waals surface area contributed by atoms with Crippen molar-refractivity contribution >= 4 is 22.8 Å². The number of thiophene rings is 1. The lowest BCUT2D eigenvalue weighted by molar-refractivity contribution is 0.747. The number of hydrogen-bond acceptors (Lipinski definition) is 4. The maximum atomic E-state index is 6.05. The van der Waals surface area contributed by atoms with Crippen LogP contribution in [0.3, 0.4) is 0 Å². The predicted molar refractivity (Wildman–Crippen MR) is 73.4 cm³/mol. The van der Waals surface area contributed by atoms with Crippen molar-refractivity contribution in [3.8, 4) is 0 Å². The van der Waals surface area contributed by atoms with E-state index in [1.54, 1.807) is 11.3 Å². The van der Waals surface area contributed by atoms with Gasteiger partial charge in [-0.25, -0.2) is 0 Å². The first-order valence-electron chi connectivity index (χ1n) is 5.70. The van der Waals surface area contributed by atoms with Crippen molar-refractivity contribution in [1.82, 2.24) is 9.78 Å². The van der Waals surface area contributed by atoms with Crippen molar-refractivity contribution in [1.29, 1.82) is 0 Å². The first-order chi connectivity index (χ1) is 8.13. The van der Waals surface area contributed by atoms with E-state index in [2.05, 4.69) is 35.0 Å². The highest BCUT2D eigenvalue weighted by Gasteiger charge is 2.11. The third-order valence-corrected chi connectivity index (χ3v) is 3.81. The number of hydrogen-bond donors (Lipinski definition) is 2. The molecular formula is C12H18N4S. The molecule has 0 amide bonds. The van der Waals surface area contributed by atoms with Crippen molar-refractivity contribution in [2.75, 3.05) is 11.1 Å². The van der Waals surface area contributed by atoms with Gasteiger partial charge in [-0.2, -0.15) is 16.4 Å². The van der Waals surface area contributed by atoms with Crippen LogP contribution in [0.25, 0.3) is 0 Å². The van der Waals surface area contributed by atoms with Crippen molar-refractivity contribution in [3.63, 3.8) is 0 Å². The SMILES string of the molecule is CCc1nn(C)c(NCc2cscc2C)c1N. The summed E-state index contributed by atoms with van der Waals surface area (Å²) >= 11 is 1.73. The lowest BCUT2D eigenvalue weighted by Crippen LogP contribution is -2.06. The van der Waals surface area contributed by atoms with Crippen LogP contribution in [0, 0.1) is 6.92 Å². The Balaban J connectivity index is 2.14. The zero-order valence-corrected chi connectivity index (χ0v) is 11.3. The molecule has 5 heteroatoms. The maximum absolute atomic E-state index is 6.05. The van der Waals surface area contributed by atoms with Gasteiger partial charge in [0, 0.05) is 13.6 Å². The number of aryl methyl sites for hydroxylation is 3. The van der Waals surface area contributed by atoms with Gasteiger partial charge in [-0.05, 0) is 35.2 Å². The molecule has 0 saturated heterocycles. The second-order valence-corrected chi connectivity index (χ2v) is 4.86. The lowest BCUT2D eigenvalue weighted by atomic mass is 10.2. The first-order valence-corrected chi connectivity index (χ1v) is 6.64. The average Bonchev–Trinajstić information content (AvgIpc) is 2.82. The Bertz CT molecular complexity index is 513. The minimum atomic E-state index is 0.767.